The van der Waals surface area contributed by atoms with Gasteiger partial charge in [-0.05, 0) is 13.8 Å². The summed E-state index contributed by atoms with van der Waals surface area (Å²) in [6, 6.07) is -0.632. The van der Waals surface area contributed by atoms with Crippen molar-refractivity contribution in [3.8, 4) is 0 Å². The molecule has 0 aliphatic carbocycles. The van der Waals surface area contributed by atoms with Crippen LogP contribution in [0.2, 0.25) is 0 Å². The highest BCUT2D eigenvalue weighted by Crippen LogP contribution is 2.15. The third-order valence-corrected chi connectivity index (χ3v) is 3.35. The highest BCUT2D eigenvalue weighted by atomic mass is 16.5. The van der Waals surface area contributed by atoms with E-state index in [1.54, 1.807) is 13.8 Å². The zero-order valence-corrected chi connectivity index (χ0v) is 11.9. The van der Waals surface area contributed by atoms with Crippen molar-refractivity contribution in [3.63, 3.8) is 0 Å². The number of ether oxygens (including phenoxy) is 2. The second-order valence-electron chi connectivity index (χ2n) is 4.82. The summed E-state index contributed by atoms with van der Waals surface area (Å²) in [4.78, 5) is 25.8. The number of rotatable bonds is 4. The van der Waals surface area contributed by atoms with Gasteiger partial charge in [-0.25, -0.2) is 9.59 Å². The minimum absolute atomic E-state index is 0.284. The molecule has 0 aromatic heterocycles. The summed E-state index contributed by atoms with van der Waals surface area (Å²) >= 11 is 0. The number of hydrogen-bond acceptors (Lipinski definition) is 5. The van der Waals surface area contributed by atoms with Gasteiger partial charge in [-0.3, -0.25) is 4.90 Å². The molecule has 0 radical (unpaired) electrons. The lowest BCUT2D eigenvalue weighted by molar-refractivity contribution is -0.139. The number of morpholine rings is 1. The number of amides is 2. The molecule has 2 amide bonds. The van der Waals surface area contributed by atoms with Crippen LogP contribution in [0.5, 0.6) is 0 Å². The van der Waals surface area contributed by atoms with E-state index in [2.05, 4.69) is 15.5 Å². The normalized spacial score (nSPS) is 24.1. The summed E-state index contributed by atoms with van der Waals surface area (Å²) in [5.41, 5.74) is 1.12. The van der Waals surface area contributed by atoms with Crippen LogP contribution in [0.3, 0.4) is 0 Å². The summed E-state index contributed by atoms with van der Waals surface area (Å²) in [5, 5.41) is 5.41. The molecule has 0 aromatic carbocycles. The van der Waals surface area contributed by atoms with Gasteiger partial charge in [0.05, 0.1) is 31.4 Å². The van der Waals surface area contributed by atoms with Crippen molar-refractivity contribution in [1.29, 1.82) is 0 Å². The molecule has 2 N–H and O–H groups in total. The lowest BCUT2D eigenvalue weighted by Gasteiger charge is -2.32. The van der Waals surface area contributed by atoms with E-state index in [0.29, 0.717) is 37.6 Å². The Bertz CT molecular complexity index is 416. The zero-order valence-electron chi connectivity index (χ0n) is 11.9. The molecule has 112 valence electrons. The van der Waals surface area contributed by atoms with Crippen molar-refractivity contribution in [3.05, 3.63) is 11.3 Å². The van der Waals surface area contributed by atoms with Crippen molar-refractivity contribution in [1.82, 2.24) is 15.5 Å². The largest absolute Gasteiger partial charge is 0.463 e. The molecule has 2 aliphatic heterocycles. The van der Waals surface area contributed by atoms with E-state index in [0.717, 1.165) is 13.1 Å². The number of urea groups is 1. The zero-order chi connectivity index (χ0) is 14.5. The van der Waals surface area contributed by atoms with Crippen LogP contribution in [-0.2, 0) is 14.3 Å². The van der Waals surface area contributed by atoms with Crippen LogP contribution in [0, 0.1) is 0 Å². The van der Waals surface area contributed by atoms with E-state index in [9.17, 15) is 9.59 Å². The highest BCUT2D eigenvalue weighted by molar-refractivity contribution is 5.94. The van der Waals surface area contributed by atoms with Crippen molar-refractivity contribution >= 4 is 12.0 Å². The smallest absolute Gasteiger partial charge is 0.337 e. The molecule has 1 atom stereocenters. The molecule has 0 spiro atoms. The van der Waals surface area contributed by atoms with E-state index in [4.69, 9.17) is 9.47 Å². The van der Waals surface area contributed by atoms with Crippen LogP contribution in [0.15, 0.2) is 11.3 Å². The average Bonchev–Trinajstić information content (AvgIpc) is 2.39. The van der Waals surface area contributed by atoms with E-state index in [-0.39, 0.29) is 18.0 Å². The molecule has 1 saturated heterocycles. The fourth-order valence-corrected chi connectivity index (χ4v) is 2.39. The first kappa shape index (κ1) is 14.8. The fourth-order valence-electron chi connectivity index (χ4n) is 2.39. The Morgan fingerprint density at radius 3 is 2.80 bits per heavy atom. The summed E-state index contributed by atoms with van der Waals surface area (Å²) in [6.45, 7) is 7.30. The van der Waals surface area contributed by atoms with Crippen LogP contribution in [-0.4, -0.2) is 62.4 Å². The summed E-state index contributed by atoms with van der Waals surface area (Å²) in [7, 11) is 0. The molecule has 2 rings (SSSR count). The van der Waals surface area contributed by atoms with Gasteiger partial charge in [0.1, 0.15) is 0 Å². The molecular formula is C13H21N3O4. The Morgan fingerprint density at radius 2 is 2.15 bits per heavy atom. The van der Waals surface area contributed by atoms with Crippen molar-refractivity contribution in [2.75, 3.05) is 39.5 Å². The molecule has 0 aromatic rings. The lowest BCUT2D eigenvalue weighted by atomic mass is 10.0. The van der Waals surface area contributed by atoms with Gasteiger partial charge in [-0.2, -0.15) is 0 Å². The lowest BCUT2D eigenvalue weighted by Crippen LogP contribution is -2.52. The molecule has 2 heterocycles. The second-order valence-corrected chi connectivity index (χ2v) is 4.82. The molecule has 20 heavy (non-hydrogen) atoms. The van der Waals surface area contributed by atoms with Crippen molar-refractivity contribution in [2.45, 2.75) is 19.9 Å². The maximum Gasteiger partial charge on any atom is 0.337 e. The predicted octanol–water partition coefficient (Wildman–Crippen LogP) is -0.163. The van der Waals surface area contributed by atoms with E-state index >= 15 is 0 Å². The first-order valence-electron chi connectivity index (χ1n) is 6.89. The van der Waals surface area contributed by atoms with E-state index < -0.39 is 0 Å². The number of carbonyl (C=O) groups excluding carboxylic acids is 2. The van der Waals surface area contributed by atoms with Gasteiger partial charge < -0.3 is 20.1 Å². The topological polar surface area (TPSA) is 79.9 Å². The first-order chi connectivity index (χ1) is 9.61. The fraction of sp³-hybridized carbons (Fsp3) is 0.692. The number of hydrogen-bond donors (Lipinski definition) is 2. The number of nitrogens with zero attached hydrogens (tertiary/aromatic N) is 1. The van der Waals surface area contributed by atoms with Crippen molar-refractivity contribution < 1.29 is 19.1 Å². The van der Waals surface area contributed by atoms with Gasteiger partial charge in [0.2, 0.25) is 0 Å². The molecule has 7 heteroatoms. The Hall–Kier alpha value is -1.60. The maximum absolute atomic E-state index is 12.1. The number of nitrogens with one attached hydrogen (secondary N) is 2. The quantitative estimate of drug-likeness (QED) is 0.701. The highest BCUT2D eigenvalue weighted by Gasteiger charge is 2.30. The van der Waals surface area contributed by atoms with Crippen LogP contribution in [0.25, 0.3) is 0 Å². The first-order valence-corrected chi connectivity index (χ1v) is 6.89. The summed E-state index contributed by atoms with van der Waals surface area (Å²) in [5.74, 6) is -0.379. The summed E-state index contributed by atoms with van der Waals surface area (Å²) in [6.07, 6.45) is 0. The number of esters is 1. The summed E-state index contributed by atoms with van der Waals surface area (Å²) < 4.78 is 10.4. The monoisotopic (exact) mass is 283 g/mol. The molecule has 0 saturated carbocycles. The van der Waals surface area contributed by atoms with Crippen LogP contribution in [0.4, 0.5) is 4.79 Å². The van der Waals surface area contributed by atoms with Gasteiger partial charge in [0.25, 0.3) is 0 Å². The van der Waals surface area contributed by atoms with Crippen molar-refractivity contribution in [2.24, 2.45) is 0 Å². The van der Waals surface area contributed by atoms with E-state index in [1.165, 1.54) is 0 Å². The minimum Gasteiger partial charge on any atom is -0.463 e. The Morgan fingerprint density at radius 1 is 1.45 bits per heavy atom. The number of carbonyl (C=O) groups is 2. The van der Waals surface area contributed by atoms with E-state index in [1.807, 2.05) is 0 Å². The van der Waals surface area contributed by atoms with Gasteiger partial charge in [0.15, 0.2) is 0 Å². The molecule has 0 unspecified atom stereocenters. The predicted molar refractivity (Wildman–Crippen MR) is 72.0 cm³/mol. The third kappa shape index (κ3) is 3.49. The van der Waals surface area contributed by atoms with Gasteiger partial charge in [0, 0.05) is 25.3 Å². The van der Waals surface area contributed by atoms with Crippen LogP contribution in [0.1, 0.15) is 13.8 Å². The SMILES string of the molecule is CCOC(=O)C1=C(CN2CCOCC2)NC(=O)N[C@@H]1C. The maximum atomic E-state index is 12.1. The second kappa shape index (κ2) is 6.71. The molecular weight excluding hydrogens is 262 g/mol. The van der Waals surface area contributed by atoms with Crippen LogP contribution < -0.4 is 10.6 Å². The van der Waals surface area contributed by atoms with Gasteiger partial charge in [-0.15, -0.1) is 0 Å². The van der Waals surface area contributed by atoms with Gasteiger partial charge in [-0.1, -0.05) is 0 Å². The standard InChI is InChI=1S/C13H21N3O4/c1-3-20-12(17)11-9(2)14-13(18)15-10(11)8-16-4-6-19-7-5-16/h9H,3-8H2,1-2H3,(H2,14,15,18)/t9-/m1/s1. The third-order valence-electron chi connectivity index (χ3n) is 3.35. The van der Waals surface area contributed by atoms with Gasteiger partial charge >= 0.3 is 12.0 Å². The molecule has 0 bridgehead atoms. The Balaban J connectivity index is 2.17. The molecule has 2 aliphatic rings. The Kier molecular flexibility index (Phi) is 4.97. The average molecular weight is 283 g/mol. The molecule has 7 nitrogen and oxygen atoms in total. The molecule has 1 fully saturated rings. The Labute approximate surface area is 118 Å². The van der Waals surface area contributed by atoms with Crippen LogP contribution >= 0.6 is 0 Å². The minimum atomic E-state index is -0.379.